The molecule has 12 heteroatoms. The fraction of sp³-hybridized carbons (Fsp3) is 0.250. The first kappa shape index (κ1) is 25.6. The molecule has 2 aromatic carbocycles. The molecule has 0 fully saturated rings. The average molecular weight is 527 g/mol. The first-order chi connectivity index (χ1) is 17.2. The highest BCUT2D eigenvalue weighted by Crippen LogP contribution is 2.20. The van der Waals surface area contributed by atoms with E-state index in [-0.39, 0.29) is 29.5 Å². The van der Waals surface area contributed by atoms with E-state index in [1.54, 1.807) is 28.8 Å². The lowest BCUT2D eigenvalue weighted by Gasteiger charge is -2.09. The van der Waals surface area contributed by atoms with Gasteiger partial charge in [-0.2, -0.15) is 9.61 Å². The van der Waals surface area contributed by atoms with Crippen LogP contribution in [0.3, 0.4) is 0 Å². The molecular formula is C24H26N6O4S2. The van der Waals surface area contributed by atoms with Crippen molar-refractivity contribution >= 4 is 39.0 Å². The molecular weight excluding hydrogens is 500 g/mol. The van der Waals surface area contributed by atoms with Crippen molar-refractivity contribution in [2.75, 3.05) is 24.7 Å². The molecule has 0 aliphatic rings. The Morgan fingerprint density at radius 1 is 1.06 bits per heavy atom. The van der Waals surface area contributed by atoms with Gasteiger partial charge in [0.1, 0.15) is 10.8 Å². The quantitative estimate of drug-likeness (QED) is 0.302. The van der Waals surface area contributed by atoms with E-state index < -0.39 is 10.0 Å². The number of ether oxygens (including phenoxy) is 1. The Kier molecular flexibility index (Phi) is 7.87. The predicted molar refractivity (Wildman–Crippen MR) is 138 cm³/mol. The second-order valence-electron chi connectivity index (χ2n) is 8.04. The Morgan fingerprint density at radius 2 is 1.83 bits per heavy atom. The summed E-state index contributed by atoms with van der Waals surface area (Å²) in [5.41, 5.74) is 3.40. The molecule has 0 aliphatic carbocycles. The van der Waals surface area contributed by atoms with E-state index >= 15 is 0 Å². The molecule has 36 heavy (non-hydrogen) atoms. The topological polar surface area (TPSA) is 128 Å². The number of carbonyl (C=O) groups is 1. The largest absolute Gasteiger partial charge is 0.497 e. The molecule has 10 nitrogen and oxygen atoms in total. The molecule has 0 saturated heterocycles. The van der Waals surface area contributed by atoms with Crippen molar-refractivity contribution in [3.05, 3.63) is 71.5 Å². The monoisotopic (exact) mass is 526 g/mol. The van der Waals surface area contributed by atoms with Crippen LogP contribution < -0.4 is 14.8 Å². The number of carbonyl (C=O) groups excluding carboxylic acids is 1. The SMILES string of the molecule is COc1ccc(S(=O)(=O)NCCc2nnc3ccc(SCC(=O)Nc4cc(C)ccc4C)nn23)cc1. The minimum Gasteiger partial charge on any atom is -0.497 e. The third kappa shape index (κ3) is 6.20. The second-order valence-corrected chi connectivity index (χ2v) is 10.8. The third-order valence-corrected chi connectivity index (χ3v) is 7.73. The molecule has 0 radical (unpaired) electrons. The van der Waals surface area contributed by atoms with Gasteiger partial charge in [0.2, 0.25) is 15.9 Å². The highest BCUT2D eigenvalue weighted by Gasteiger charge is 2.15. The lowest BCUT2D eigenvalue weighted by atomic mass is 10.1. The predicted octanol–water partition coefficient (Wildman–Crippen LogP) is 3.00. The van der Waals surface area contributed by atoms with Crippen LogP contribution in [0.2, 0.25) is 0 Å². The number of rotatable bonds is 10. The van der Waals surface area contributed by atoms with Crippen molar-refractivity contribution in [2.24, 2.45) is 0 Å². The number of amides is 1. The van der Waals surface area contributed by atoms with E-state index in [1.165, 1.54) is 31.0 Å². The molecule has 1 amide bonds. The molecule has 0 spiro atoms. The van der Waals surface area contributed by atoms with E-state index in [2.05, 4.69) is 25.3 Å². The van der Waals surface area contributed by atoms with Crippen LogP contribution in [-0.4, -0.2) is 53.5 Å². The molecule has 2 heterocycles. The number of aromatic nitrogens is 4. The van der Waals surface area contributed by atoms with E-state index in [4.69, 9.17) is 4.74 Å². The Labute approximate surface area is 213 Å². The van der Waals surface area contributed by atoms with Crippen molar-refractivity contribution in [1.29, 1.82) is 0 Å². The number of nitrogens with one attached hydrogen (secondary N) is 2. The zero-order chi connectivity index (χ0) is 25.7. The number of hydrogen-bond acceptors (Lipinski definition) is 8. The molecule has 4 rings (SSSR count). The molecule has 188 valence electrons. The number of methoxy groups -OCH3 is 1. The fourth-order valence-corrected chi connectivity index (χ4v) is 5.07. The van der Waals surface area contributed by atoms with Gasteiger partial charge in [-0.15, -0.1) is 10.2 Å². The second kappa shape index (κ2) is 11.1. The zero-order valence-corrected chi connectivity index (χ0v) is 21.7. The van der Waals surface area contributed by atoms with Gasteiger partial charge in [0.15, 0.2) is 11.5 Å². The molecule has 0 aliphatic heterocycles. The first-order valence-corrected chi connectivity index (χ1v) is 13.6. The van der Waals surface area contributed by atoms with Crippen LogP contribution in [-0.2, 0) is 21.2 Å². The maximum Gasteiger partial charge on any atom is 0.240 e. The number of aryl methyl sites for hydroxylation is 2. The number of anilines is 1. The van der Waals surface area contributed by atoms with Gasteiger partial charge >= 0.3 is 0 Å². The number of hydrogen-bond donors (Lipinski definition) is 2. The smallest absolute Gasteiger partial charge is 0.240 e. The molecule has 4 aromatic rings. The minimum atomic E-state index is -3.68. The maximum atomic E-state index is 12.5. The summed E-state index contributed by atoms with van der Waals surface area (Å²) in [6, 6.07) is 15.6. The fourth-order valence-electron chi connectivity index (χ4n) is 3.38. The Bertz CT molecular complexity index is 1490. The average Bonchev–Trinajstić information content (AvgIpc) is 3.27. The van der Waals surface area contributed by atoms with Crippen LogP contribution in [0.25, 0.3) is 5.65 Å². The van der Waals surface area contributed by atoms with Crippen molar-refractivity contribution in [3.63, 3.8) is 0 Å². The van der Waals surface area contributed by atoms with Crippen LogP contribution in [0.4, 0.5) is 5.69 Å². The molecule has 0 bridgehead atoms. The highest BCUT2D eigenvalue weighted by molar-refractivity contribution is 7.99. The van der Waals surface area contributed by atoms with Crippen LogP contribution in [0.15, 0.2) is 64.5 Å². The Balaban J connectivity index is 1.36. The van der Waals surface area contributed by atoms with Gasteiger partial charge in [-0.25, -0.2) is 13.1 Å². The third-order valence-electron chi connectivity index (χ3n) is 5.33. The standard InChI is InChI=1S/C24H26N6O4S2/c1-16-4-5-17(2)20(14-16)26-23(31)15-35-24-11-10-21-27-28-22(30(21)29-24)12-13-25-36(32,33)19-8-6-18(34-3)7-9-19/h4-11,14,25H,12-13,15H2,1-3H3,(H,26,31). The van der Waals surface area contributed by atoms with Gasteiger partial charge in [0.25, 0.3) is 0 Å². The Morgan fingerprint density at radius 3 is 2.58 bits per heavy atom. The van der Waals surface area contributed by atoms with Gasteiger partial charge in [0.05, 0.1) is 17.8 Å². The van der Waals surface area contributed by atoms with E-state index in [0.29, 0.717) is 22.2 Å². The van der Waals surface area contributed by atoms with Gasteiger partial charge in [-0.1, -0.05) is 23.9 Å². The molecule has 2 N–H and O–H groups in total. The number of thioether (sulfide) groups is 1. The summed E-state index contributed by atoms with van der Waals surface area (Å²) < 4.78 is 34.3. The van der Waals surface area contributed by atoms with Crippen LogP contribution in [0.1, 0.15) is 17.0 Å². The lowest BCUT2D eigenvalue weighted by Crippen LogP contribution is -2.26. The summed E-state index contributed by atoms with van der Waals surface area (Å²) in [6.45, 7) is 4.04. The molecule has 0 unspecified atom stereocenters. The number of nitrogens with zero attached hydrogens (tertiary/aromatic N) is 4. The molecule has 0 atom stereocenters. The van der Waals surface area contributed by atoms with Crippen LogP contribution in [0.5, 0.6) is 5.75 Å². The van der Waals surface area contributed by atoms with Gasteiger partial charge in [-0.3, -0.25) is 4.79 Å². The van der Waals surface area contributed by atoms with Gasteiger partial charge in [-0.05, 0) is 67.4 Å². The lowest BCUT2D eigenvalue weighted by molar-refractivity contribution is -0.113. The van der Waals surface area contributed by atoms with Gasteiger partial charge < -0.3 is 10.1 Å². The number of fused-ring (bicyclic) bond motifs is 1. The van der Waals surface area contributed by atoms with E-state index in [1.807, 2.05) is 32.0 Å². The van der Waals surface area contributed by atoms with Crippen molar-refractivity contribution < 1.29 is 17.9 Å². The van der Waals surface area contributed by atoms with Crippen LogP contribution in [0, 0.1) is 13.8 Å². The first-order valence-electron chi connectivity index (χ1n) is 11.1. The minimum absolute atomic E-state index is 0.118. The Hall–Kier alpha value is -3.48. The highest BCUT2D eigenvalue weighted by atomic mass is 32.2. The van der Waals surface area contributed by atoms with Gasteiger partial charge in [0, 0.05) is 18.7 Å². The molecule has 0 saturated carbocycles. The van der Waals surface area contributed by atoms with Crippen LogP contribution >= 0.6 is 11.8 Å². The number of benzene rings is 2. The van der Waals surface area contributed by atoms with Crippen molar-refractivity contribution in [1.82, 2.24) is 24.5 Å². The zero-order valence-electron chi connectivity index (χ0n) is 20.1. The van der Waals surface area contributed by atoms with E-state index in [9.17, 15) is 13.2 Å². The number of sulfonamides is 1. The maximum absolute atomic E-state index is 12.5. The van der Waals surface area contributed by atoms with E-state index in [0.717, 1.165) is 16.8 Å². The summed E-state index contributed by atoms with van der Waals surface area (Å²) in [5, 5.41) is 16.3. The normalized spacial score (nSPS) is 11.5. The van der Waals surface area contributed by atoms with Crippen molar-refractivity contribution in [2.45, 2.75) is 30.2 Å². The van der Waals surface area contributed by atoms with Crippen molar-refractivity contribution in [3.8, 4) is 5.75 Å². The summed E-state index contributed by atoms with van der Waals surface area (Å²) >= 11 is 1.29. The summed E-state index contributed by atoms with van der Waals surface area (Å²) in [5.74, 6) is 1.13. The molecule has 2 aromatic heterocycles. The summed E-state index contributed by atoms with van der Waals surface area (Å²) in [6.07, 6.45) is 0.283. The summed E-state index contributed by atoms with van der Waals surface area (Å²) in [7, 11) is -2.16. The summed E-state index contributed by atoms with van der Waals surface area (Å²) in [4.78, 5) is 12.6.